The molecule has 3 heterocycles. The molecule has 4 rings (SSSR count). The van der Waals surface area contributed by atoms with Gasteiger partial charge in [-0.1, -0.05) is 12.1 Å². The summed E-state index contributed by atoms with van der Waals surface area (Å²) >= 11 is 0. The molecule has 7 nitrogen and oxygen atoms in total. The Morgan fingerprint density at radius 1 is 1.11 bits per heavy atom. The van der Waals surface area contributed by atoms with Gasteiger partial charge in [0.25, 0.3) is 5.91 Å². The van der Waals surface area contributed by atoms with Crippen molar-refractivity contribution in [3.05, 3.63) is 90.2 Å². The van der Waals surface area contributed by atoms with Crippen molar-refractivity contribution < 1.29 is 13.6 Å². The van der Waals surface area contributed by atoms with E-state index in [1.54, 1.807) is 40.0 Å². The van der Waals surface area contributed by atoms with Gasteiger partial charge in [0.05, 0.1) is 25.0 Å². The zero-order valence-electron chi connectivity index (χ0n) is 14.2. The normalized spacial score (nSPS) is 10.9. The predicted octanol–water partition coefficient (Wildman–Crippen LogP) is 3.16. The maximum absolute atomic E-state index is 13.3. The van der Waals surface area contributed by atoms with E-state index in [0.717, 1.165) is 5.56 Å². The van der Waals surface area contributed by atoms with Crippen LogP contribution in [-0.2, 0) is 13.1 Å². The van der Waals surface area contributed by atoms with Crippen LogP contribution in [-0.4, -0.2) is 25.5 Å². The van der Waals surface area contributed by atoms with Crippen molar-refractivity contribution in [2.45, 2.75) is 13.1 Å². The van der Waals surface area contributed by atoms with Crippen LogP contribution in [0.15, 0.2) is 71.7 Å². The Kier molecular flexibility index (Phi) is 4.52. The summed E-state index contributed by atoms with van der Waals surface area (Å²) in [5, 5.41) is 11.0. The second-order valence-corrected chi connectivity index (χ2v) is 5.98. The average Bonchev–Trinajstić information content (AvgIpc) is 3.38. The maximum Gasteiger partial charge on any atom is 0.291 e. The average molecular weight is 365 g/mol. The first-order valence-electron chi connectivity index (χ1n) is 8.30. The third-order valence-corrected chi connectivity index (χ3v) is 3.89. The summed E-state index contributed by atoms with van der Waals surface area (Å²) in [5.74, 6) is 0.171. The summed E-state index contributed by atoms with van der Waals surface area (Å²) < 4.78 is 22.1. The molecule has 0 aliphatic heterocycles. The molecule has 0 atom stereocenters. The minimum Gasteiger partial charge on any atom is -0.454 e. The summed E-state index contributed by atoms with van der Waals surface area (Å²) in [7, 11) is 0. The molecule has 8 heteroatoms. The Morgan fingerprint density at radius 3 is 2.85 bits per heavy atom. The zero-order chi connectivity index (χ0) is 18.6. The molecule has 0 fully saturated rings. The van der Waals surface area contributed by atoms with E-state index in [2.05, 4.69) is 15.5 Å². The first-order chi connectivity index (χ1) is 13.2. The van der Waals surface area contributed by atoms with Crippen LogP contribution in [0.1, 0.15) is 21.9 Å². The highest BCUT2D eigenvalue weighted by atomic mass is 19.1. The number of nitrogens with zero attached hydrogens (tertiary/aromatic N) is 4. The molecule has 0 unspecified atom stereocenters. The monoisotopic (exact) mass is 365 g/mol. The second-order valence-electron chi connectivity index (χ2n) is 5.98. The Labute approximate surface area is 154 Å². The molecule has 1 amide bonds. The van der Waals surface area contributed by atoms with Gasteiger partial charge in [0, 0.05) is 18.6 Å². The lowest BCUT2D eigenvalue weighted by Crippen LogP contribution is -2.10. The van der Waals surface area contributed by atoms with Gasteiger partial charge in [-0.2, -0.15) is 10.2 Å². The van der Waals surface area contributed by atoms with Gasteiger partial charge in [-0.15, -0.1) is 0 Å². The lowest BCUT2D eigenvalue weighted by molar-refractivity contribution is 0.0994. The summed E-state index contributed by atoms with van der Waals surface area (Å²) in [6.07, 6.45) is 6.70. The van der Waals surface area contributed by atoms with Crippen LogP contribution < -0.4 is 5.32 Å². The Balaban J connectivity index is 1.38. The van der Waals surface area contributed by atoms with Crippen LogP contribution in [0.25, 0.3) is 0 Å². The van der Waals surface area contributed by atoms with Crippen molar-refractivity contribution in [2.75, 3.05) is 5.32 Å². The van der Waals surface area contributed by atoms with Gasteiger partial charge >= 0.3 is 0 Å². The number of amides is 1. The number of carbonyl (C=O) groups excluding carboxylic acids is 1. The fraction of sp³-hybridized carbons (Fsp3) is 0.105. The number of nitrogens with one attached hydrogen (secondary N) is 1. The highest BCUT2D eigenvalue weighted by Crippen LogP contribution is 2.14. The third kappa shape index (κ3) is 4.12. The van der Waals surface area contributed by atoms with E-state index in [1.165, 1.54) is 18.3 Å². The zero-order valence-corrected chi connectivity index (χ0v) is 14.2. The lowest BCUT2D eigenvalue weighted by Gasteiger charge is -2.02. The molecular weight excluding hydrogens is 349 g/mol. The van der Waals surface area contributed by atoms with Gasteiger partial charge in [0.1, 0.15) is 11.6 Å². The SMILES string of the molecule is O=C(Nc1cnn(Cc2cccc(F)c2)c1)c1ccc(Cn2cccn2)o1. The summed E-state index contributed by atoms with van der Waals surface area (Å²) in [6, 6.07) is 11.5. The Morgan fingerprint density at radius 2 is 2.04 bits per heavy atom. The molecule has 27 heavy (non-hydrogen) atoms. The number of furan rings is 1. The van der Waals surface area contributed by atoms with E-state index in [1.807, 2.05) is 18.3 Å². The first-order valence-corrected chi connectivity index (χ1v) is 8.30. The van der Waals surface area contributed by atoms with Crippen molar-refractivity contribution in [2.24, 2.45) is 0 Å². The van der Waals surface area contributed by atoms with Gasteiger partial charge in [-0.05, 0) is 35.9 Å². The van der Waals surface area contributed by atoms with Gasteiger partial charge in [0.2, 0.25) is 0 Å². The minimum absolute atomic E-state index is 0.204. The van der Waals surface area contributed by atoms with Crippen LogP contribution in [0.5, 0.6) is 0 Å². The number of rotatable bonds is 6. The smallest absolute Gasteiger partial charge is 0.291 e. The molecular formula is C19H16FN5O2. The van der Waals surface area contributed by atoms with Crippen LogP contribution in [0, 0.1) is 5.82 Å². The number of hydrogen-bond acceptors (Lipinski definition) is 4. The third-order valence-electron chi connectivity index (χ3n) is 3.89. The van der Waals surface area contributed by atoms with Gasteiger partial charge in [-0.3, -0.25) is 14.2 Å². The van der Waals surface area contributed by atoms with Crippen molar-refractivity contribution in [1.82, 2.24) is 19.6 Å². The summed E-state index contributed by atoms with van der Waals surface area (Å²) in [4.78, 5) is 12.3. The minimum atomic E-state index is -0.368. The largest absolute Gasteiger partial charge is 0.454 e. The standard InChI is InChI=1S/C19H16FN5O2/c20-15-4-1-3-14(9-15)11-25-12-16(10-22-25)23-19(26)18-6-5-17(27-18)13-24-8-2-7-21-24/h1-10,12H,11,13H2,(H,23,26). The van der Waals surface area contributed by atoms with Crippen LogP contribution in [0.2, 0.25) is 0 Å². The number of aromatic nitrogens is 4. The summed E-state index contributed by atoms with van der Waals surface area (Å²) in [6.45, 7) is 0.855. The van der Waals surface area contributed by atoms with Crippen molar-refractivity contribution in [1.29, 1.82) is 0 Å². The molecule has 0 radical (unpaired) electrons. The molecule has 0 aliphatic rings. The predicted molar refractivity (Wildman–Crippen MR) is 95.7 cm³/mol. The molecule has 0 saturated carbocycles. The van der Waals surface area contributed by atoms with E-state index in [0.29, 0.717) is 24.5 Å². The fourth-order valence-corrected chi connectivity index (χ4v) is 2.67. The number of carbonyl (C=O) groups is 1. The number of anilines is 1. The molecule has 0 aliphatic carbocycles. The van der Waals surface area contributed by atoms with E-state index in [4.69, 9.17) is 4.42 Å². The van der Waals surface area contributed by atoms with Crippen LogP contribution in [0.3, 0.4) is 0 Å². The van der Waals surface area contributed by atoms with E-state index in [-0.39, 0.29) is 17.5 Å². The highest BCUT2D eigenvalue weighted by Gasteiger charge is 2.13. The number of hydrogen-bond donors (Lipinski definition) is 1. The quantitative estimate of drug-likeness (QED) is 0.569. The maximum atomic E-state index is 13.3. The second kappa shape index (κ2) is 7.28. The molecule has 3 aromatic heterocycles. The molecule has 1 N–H and O–H groups in total. The van der Waals surface area contributed by atoms with Crippen LogP contribution in [0.4, 0.5) is 10.1 Å². The number of benzene rings is 1. The number of halogens is 1. The topological polar surface area (TPSA) is 77.9 Å². The molecule has 0 bridgehead atoms. The molecule has 136 valence electrons. The van der Waals surface area contributed by atoms with E-state index >= 15 is 0 Å². The first kappa shape index (κ1) is 16.8. The molecule has 4 aromatic rings. The molecule has 0 saturated heterocycles. The van der Waals surface area contributed by atoms with Crippen molar-refractivity contribution >= 4 is 11.6 Å². The van der Waals surface area contributed by atoms with Crippen molar-refractivity contribution in [3.63, 3.8) is 0 Å². The van der Waals surface area contributed by atoms with Gasteiger partial charge < -0.3 is 9.73 Å². The lowest BCUT2D eigenvalue weighted by atomic mass is 10.2. The Hall–Kier alpha value is -3.68. The van der Waals surface area contributed by atoms with Crippen LogP contribution >= 0.6 is 0 Å². The molecule has 0 spiro atoms. The van der Waals surface area contributed by atoms with E-state index < -0.39 is 0 Å². The van der Waals surface area contributed by atoms with Gasteiger partial charge in [0.15, 0.2) is 5.76 Å². The Bertz CT molecular complexity index is 1050. The molecule has 1 aromatic carbocycles. The van der Waals surface area contributed by atoms with Gasteiger partial charge in [-0.25, -0.2) is 4.39 Å². The van der Waals surface area contributed by atoms with Crippen molar-refractivity contribution in [3.8, 4) is 0 Å². The highest BCUT2D eigenvalue weighted by molar-refractivity contribution is 6.02. The fourth-order valence-electron chi connectivity index (χ4n) is 2.67. The summed E-state index contributed by atoms with van der Waals surface area (Å²) in [5.41, 5.74) is 1.31. The van der Waals surface area contributed by atoms with E-state index in [9.17, 15) is 9.18 Å².